The van der Waals surface area contributed by atoms with E-state index in [2.05, 4.69) is 53.8 Å². The molecule has 50 heavy (non-hydrogen) atoms. The van der Waals surface area contributed by atoms with Crippen LogP contribution in [0.3, 0.4) is 0 Å². The monoisotopic (exact) mass is 707 g/mol. The number of benzene rings is 1. The van der Waals surface area contributed by atoms with Gasteiger partial charge >= 0.3 is 11.9 Å². The molecule has 1 aromatic carbocycles. The van der Waals surface area contributed by atoms with Crippen LogP contribution in [0.2, 0.25) is 5.02 Å². The lowest BCUT2D eigenvalue weighted by Crippen LogP contribution is -2.64. The number of allylic oxidation sites excluding steroid dienone is 1. The summed E-state index contributed by atoms with van der Waals surface area (Å²) in [4.78, 5) is 53.2. The summed E-state index contributed by atoms with van der Waals surface area (Å²) in [5.41, 5.74) is 0.616. The SMILES string of the molecule is CC(C)C1C(=O)C[C@]2(C(=O)Nc3ccccc3Cl)CC[C@]3(C)C(=C12)CCC1[C@@]2(C)CC[C@H](OC(=O)CC(C)(C)C(=O)O)C(C)(C)C2CC[C@]13C. The predicted octanol–water partition coefficient (Wildman–Crippen LogP) is 9.67. The molecule has 0 bridgehead atoms. The lowest BCUT2D eigenvalue weighted by molar-refractivity contribution is -0.214. The summed E-state index contributed by atoms with van der Waals surface area (Å²) >= 11 is 6.50. The molecule has 6 rings (SSSR count). The molecule has 4 saturated carbocycles. The van der Waals surface area contributed by atoms with E-state index in [9.17, 15) is 24.3 Å². The lowest BCUT2D eigenvalue weighted by Gasteiger charge is -2.70. The van der Waals surface area contributed by atoms with E-state index < -0.39 is 22.8 Å². The number of halogens is 1. The Kier molecular flexibility index (Phi) is 9.05. The van der Waals surface area contributed by atoms with Crippen molar-refractivity contribution >= 4 is 40.9 Å². The fourth-order valence-electron chi connectivity index (χ4n) is 12.4. The van der Waals surface area contributed by atoms with Gasteiger partial charge in [0.1, 0.15) is 11.9 Å². The van der Waals surface area contributed by atoms with Gasteiger partial charge in [-0.05, 0) is 117 Å². The second-order valence-corrected chi connectivity index (χ2v) is 19.3. The minimum atomic E-state index is -1.17. The number of carbonyl (C=O) groups excluding carboxylic acids is 3. The number of nitrogens with one attached hydrogen (secondary N) is 1. The van der Waals surface area contributed by atoms with Crippen molar-refractivity contribution in [2.45, 2.75) is 133 Å². The molecule has 8 heteroatoms. The van der Waals surface area contributed by atoms with Crippen molar-refractivity contribution in [2.24, 2.45) is 56.2 Å². The summed E-state index contributed by atoms with van der Waals surface area (Å²) in [6.45, 7) is 19.3. The number of carboxylic acids is 1. The maximum Gasteiger partial charge on any atom is 0.309 e. The molecule has 0 saturated heterocycles. The standard InChI is InChI=1S/C42H58ClNO6/c1-24(2)33-28(45)22-42(35(47)44-27-13-11-10-12-26(27)43)21-20-40(8)25(34(33)42)14-15-30-39(7)18-17-31(50-32(46)23-37(3,4)36(48)49)38(5,6)29(39)16-19-41(30,40)9/h10-13,24,29-31,33H,14-23H2,1-9H3,(H,44,47)(H,48,49)/t29?,30?,31-,33?,39-,40+,41+,42+/m0/s1. The summed E-state index contributed by atoms with van der Waals surface area (Å²) in [6.07, 6.45) is 6.97. The first-order valence-electron chi connectivity index (χ1n) is 18.9. The van der Waals surface area contributed by atoms with Gasteiger partial charge in [0.2, 0.25) is 5.91 Å². The Morgan fingerprint density at radius 3 is 2.30 bits per heavy atom. The highest BCUT2D eigenvalue weighted by Gasteiger charge is 2.70. The lowest BCUT2D eigenvalue weighted by atomic mass is 9.34. The zero-order valence-electron chi connectivity index (χ0n) is 31.6. The Bertz CT molecular complexity index is 1640. The summed E-state index contributed by atoms with van der Waals surface area (Å²) in [6, 6.07) is 7.32. The molecule has 8 atom stereocenters. The Morgan fingerprint density at radius 2 is 1.66 bits per heavy atom. The number of hydrogen-bond donors (Lipinski definition) is 2. The van der Waals surface area contributed by atoms with Gasteiger partial charge in [0.25, 0.3) is 0 Å². The number of aliphatic carboxylic acids is 1. The first-order valence-corrected chi connectivity index (χ1v) is 19.3. The van der Waals surface area contributed by atoms with Gasteiger partial charge in [-0.15, -0.1) is 0 Å². The molecule has 1 aromatic rings. The number of anilines is 1. The van der Waals surface area contributed by atoms with Gasteiger partial charge in [-0.3, -0.25) is 19.2 Å². The van der Waals surface area contributed by atoms with Crippen LogP contribution in [-0.4, -0.2) is 34.8 Å². The van der Waals surface area contributed by atoms with Crippen LogP contribution in [0.25, 0.3) is 0 Å². The quantitative estimate of drug-likeness (QED) is 0.216. The Labute approximate surface area is 303 Å². The average molecular weight is 708 g/mol. The smallest absolute Gasteiger partial charge is 0.309 e. The van der Waals surface area contributed by atoms with Gasteiger partial charge in [-0.2, -0.15) is 0 Å². The number of esters is 1. The third kappa shape index (κ3) is 5.33. The molecule has 0 radical (unpaired) electrons. The predicted molar refractivity (Wildman–Crippen MR) is 195 cm³/mol. The normalized spacial score (nSPS) is 37.7. The van der Waals surface area contributed by atoms with Crippen molar-refractivity contribution in [3.8, 4) is 0 Å². The molecule has 0 heterocycles. The van der Waals surface area contributed by atoms with Gasteiger partial charge in [0, 0.05) is 17.8 Å². The third-order valence-corrected chi connectivity index (χ3v) is 15.6. The van der Waals surface area contributed by atoms with E-state index in [-0.39, 0.29) is 64.1 Å². The summed E-state index contributed by atoms with van der Waals surface area (Å²) in [5.74, 6) is -0.739. The van der Waals surface area contributed by atoms with Crippen LogP contribution in [0.4, 0.5) is 5.69 Å². The molecule has 274 valence electrons. The van der Waals surface area contributed by atoms with E-state index in [0.29, 0.717) is 29.0 Å². The number of ketones is 1. The van der Waals surface area contributed by atoms with E-state index in [4.69, 9.17) is 16.3 Å². The Morgan fingerprint density at radius 1 is 0.980 bits per heavy atom. The number of ether oxygens (including phenoxy) is 1. The summed E-state index contributed by atoms with van der Waals surface area (Å²) in [7, 11) is 0. The van der Waals surface area contributed by atoms with Gasteiger partial charge in [-0.1, -0.05) is 77.8 Å². The maximum absolute atomic E-state index is 14.5. The van der Waals surface area contributed by atoms with Crippen molar-refractivity contribution in [2.75, 3.05) is 5.32 Å². The fraction of sp³-hybridized carbons (Fsp3) is 0.714. The van der Waals surface area contributed by atoms with Gasteiger partial charge < -0.3 is 15.2 Å². The van der Waals surface area contributed by atoms with Crippen LogP contribution in [-0.2, 0) is 23.9 Å². The third-order valence-electron chi connectivity index (χ3n) is 15.3. The van der Waals surface area contributed by atoms with E-state index in [1.54, 1.807) is 19.9 Å². The van der Waals surface area contributed by atoms with Crippen molar-refractivity contribution < 1.29 is 29.0 Å². The molecule has 1 amide bonds. The van der Waals surface area contributed by atoms with Gasteiger partial charge in [-0.25, -0.2) is 0 Å². The van der Waals surface area contributed by atoms with Crippen molar-refractivity contribution in [3.05, 3.63) is 40.4 Å². The van der Waals surface area contributed by atoms with Gasteiger partial charge in [0.15, 0.2) is 0 Å². The molecule has 0 aromatic heterocycles. The Hall–Kier alpha value is -2.67. The van der Waals surface area contributed by atoms with Crippen molar-refractivity contribution in [1.29, 1.82) is 0 Å². The van der Waals surface area contributed by atoms with E-state index in [0.717, 1.165) is 50.5 Å². The number of Topliss-reactive ketones (excluding diaryl/α,β-unsaturated/α-hetero) is 1. The maximum atomic E-state index is 14.5. The van der Waals surface area contributed by atoms with E-state index in [1.165, 1.54) is 5.57 Å². The molecule has 0 spiro atoms. The zero-order valence-corrected chi connectivity index (χ0v) is 32.4. The second kappa shape index (κ2) is 12.2. The van der Waals surface area contributed by atoms with Crippen LogP contribution in [0.15, 0.2) is 35.4 Å². The summed E-state index contributed by atoms with van der Waals surface area (Å²) in [5, 5.41) is 13.2. The molecule has 7 nitrogen and oxygen atoms in total. The highest BCUT2D eigenvalue weighted by molar-refractivity contribution is 6.33. The summed E-state index contributed by atoms with van der Waals surface area (Å²) < 4.78 is 6.14. The molecule has 2 N–H and O–H groups in total. The van der Waals surface area contributed by atoms with E-state index >= 15 is 0 Å². The van der Waals surface area contributed by atoms with Crippen LogP contribution in [0, 0.1) is 56.2 Å². The number of fused-ring (bicyclic) bond motifs is 6. The van der Waals surface area contributed by atoms with Crippen LogP contribution in [0.1, 0.15) is 127 Å². The minimum absolute atomic E-state index is 0.0253. The number of para-hydroxylation sites is 1. The first kappa shape index (κ1) is 37.1. The Balaban J connectivity index is 1.34. The highest BCUT2D eigenvalue weighted by atomic mass is 35.5. The number of rotatable bonds is 7. The molecule has 0 aliphatic heterocycles. The molecular formula is C42H58ClNO6. The second-order valence-electron chi connectivity index (χ2n) is 18.9. The average Bonchev–Trinajstić information content (AvgIpc) is 3.33. The number of carboxylic acid groups (broad SMARTS) is 1. The topological polar surface area (TPSA) is 110 Å². The largest absolute Gasteiger partial charge is 0.481 e. The van der Waals surface area contributed by atoms with E-state index in [1.807, 2.05) is 18.2 Å². The van der Waals surface area contributed by atoms with Gasteiger partial charge in [0.05, 0.1) is 28.0 Å². The molecular weight excluding hydrogens is 650 g/mol. The highest BCUT2D eigenvalue weighted by Crippen LogP contribution is 2.76. The molecule has 5 aliphatic rings. The fourth-order valence-corrected chi connectivity index (χ4v) is 12.6. The molecule has 5 aliphatic carbocycles. The van der Waals surface area contributed by atoms with Crippen molar-refractivity contribution in [3.63, 3.8) is 0 Å². The minimum Gasteiger partial charge on any atom is -0.481 e. The van der Waals surface area contributed by atoms with Crippen molar-refractivity contribution in [1.82, 2.24) is 0 Å². The number of carbonyl (C=O) groups is 4. The zero-order chi connectivity index (χ0) is 36.8. The van der Waals surface area contributed by atoms with Crippen LogP contribution in [0.5, 0.6) is 0 Å². The van der Waals surface area contributed by atoms with Crippen LogP contribution < -0.4 is 5.32 Å². The first-order chi connectivity index (χ1) is 23.2. The number of amides is 1. The number of hydrogen-bond acceptors (Lipinski definition) is 5. The molecule has 3 unspecified atom stereocenters. The molecule has 4 fully saturated rings. The van der Waals surface area contributed by atoms with Crippen LogP contribution >= 0.6 is 11.6 Å².